The van der Waals surface area contributed by atoms with Crippen LogP contribution in [0.25, 0.3) is 0 Å². The Kier molecular flexibility index (Phi) is 3.53. The Balaban J connectivity index is 2.29. The first-order valence-electron chi connectivity index (χ1n) is 5.76. The molecule has 1 saturated heterocycles. The van der Waals surface area contributed by atoms with Crippen LogP contribution in [-0.4, -0.2) is 31.6 Å². The van der Waals surface area contributed by atoms with Crippen molar-refractivity contribution in [1.29, 1.82) is 0 Å². The Hall–Kier alpha value is -0.570. The Labute approximate surface area is 103 Å². The van der Waals surface area contributed by atoms with Crippen molar-refractivity contribution >= 4 is 11.6 Å². The van der Waals surface area contributed by atoms with Gasteiger partial charge in [-0.3, -0.25) is 0 Å². The van der Waals surface area contributed by atoms with E-state index in [4.69, 9.17) is 11.6 Å². The van der Waals surface area contributed by atoms with Crippen molar-refractivity contribution < 1.29 is 0 Å². The molecule has 1 atom stereocenters. The molecule has 1 aliphatic rings. The van der Waals surface area contributed by atoms with Crippen molar-refractivity contribution in [3.8, 4) is 0 Å². The van der Waals surface area contributed by atoms with Gasteiger partial charge in [-0.2, -0.15) is 0 Å². The van der Waals surface area contributed by atoms with Gasteiger partial charge in [0, 0.05) is 30.7 Å². The molecular formula is C13H19ClN2. The highest BCUT2D eigenvalue weighted by atomic mass is 35.5. The molecule has 88 valence electrons. The normalized spacial score (nSPS) is 22.4. The van der Waals surface area contributed by atoms with Gasteiger partial charge in [-0.25, -0.2) is 0 Å². The fraction of sp³-hybridized carbons (Fsp3) is 0.538. The Morgan fingerprint density at radius 1 is 1.31 bits per heavy atom. The van der Waals surface area contributed by atoms with Crippen LogP contribution in [0.15, 0.2) is 12.1 Å². The third kappa shape index (κ3) is 2.40. The number of piperazine rings is 1. The number of nitrogens with zero attached hydrogens (tertiary/aromatic N) is 1. The highest BCUT2D eigenvalue weighted by Crippen LogP contribution is 2.26. The van der Waals surface area contributed by atoms with E-state index < -0.39 is 0 Å². The number of benzene rings is 1. The van der Waals surface area contributed by atoms with Gasteiger partial charge in [0.05, 0.1) is 0 Å². The van der Waals surface area contributed by atoms with Crippen LogP contribution >= 0.6 is 11.6 Å². The first-order chi connectivity index (χ1) is 7.58. The summed E-state index contributed by atoms with van der Waals surface area (Å²) in [7, 11) is 2.17. The second kappa shape index (κ2) is 4.74. The van der Waals surface area contributed by atoms with E-state index in [1.807, 2.05) is 0 Å². The maximum absolute atomic E-state index is 6.12. The summed E-state index contributed by atoms with van der Waals surface area (Å²) >= 11 is 6.12. The number of aryl methyl sites for hydroxylation is 2. The standard InChI is InChI=1S/C13H19ClN2/c1-9-7-12(14)10(2)6-11(9)13-8-16(3)5-4-15-13/h6-7,13,15H,4-5,8H2,1-3H3. The lowest BCUT2D eigenvalue weighted by Gasteiger charge is -2.32. The van der Waals surface area contributed by atoms with E-state index in [0.29, 0.717) is 6.04 Å². The van der Waals surface area contributed by atoms with Crippen LogP contribution in [0.2, 0.25) is 5.02 Å². The lowest BCUT2D eigenvalue weighted by Crippen LogP contribution is -2.43. The molecule has 1 fully saturated rings. The molecule has 0 saturated carbocycles. The first kappa shape index (κ1) is 11.9. The van der Waals surface area contributed by atoms with Gasteiger partial charge in [-0.15, -0.1) is 0 Å². The molecule has 0 radical (unpaired) electrons. The molecule has 1 unspecified atom stereocenters. The van der Waals surface area contributed by atoms with E-state index in [1.165, 1.54) is 11.1 Å². The predicted octanol–water partition coefficient (Wildman–Crippen LogP) is 2.53. The molecule has 1 heterocycles. The third-order valence-electron chi connectivity index (χ3n) is 3.30. The SMILES string of the molecule is Cc1cc(C2CN(C)CCN2)c(C)cc1Cl. The number of likely N-dealkylation sites (N-methyl/N-ethyl adjacent to an activating group) is 1. The van der Waals surface area contributed by atoms with E-state index >= 15 is 0 Å². The molecule has 16 heavy (non-hydrogen) atoms. The highest BCUT2D eigenvalue weighted by molar-refractivity contribution is 6.31. The molecule has 1 aromatic rings. The van der Waals surface area contributed by atoms with Crippen molar-refractivity contribution in [3.05, 3.63) is 33.8 Å². The molecule has 2 rings (SSSR count). The summed E-state index contributed by atoms with van der Waals surface area (Å²) in [5.74, 6) is 0. The topological polar surface area (TPSA) is 15.3 Å². The van der Waals surface area contributed by atoms with Crippen molar-refractivity contribution in [2.75, 3.05) is 26.7 Å². The fourth-order valence-corrected chi connectivity index (χ4v) is 2.50. The molecule has 0 amide bonds. The van der Waals surface area contributed by atoms with Crippen LogP contribution in [-0.2, 0) is 0 Å². The lowest BCUT2D eigenvalue weighted by atomic mass is 9.97. The van der Waals surface area contributed by atoms with Crippen LogP contribution in [0.3, 0.4) is 0 Å². The summed E-state index contributed by atoms with van der Waals surface area (Å²) in [5, 5.41) is 4.43. The summed E-state index contributed by atoms with van der Waals surface area (Å²) < 4.78 is 0. The number of rotatable bonds is 1. The summed E-state index contributed by atoms with van der Waals surface area (Å²) in [6, 6.07) is 4.73. The molecule has 0 spiro atoms. The average molecular weight is 239 g/mol. The van der Waals surface area contributed by atoms with Crippen LogP contribution < -0.4 is 5.32 Å². The van der Waals surface area contributed by atoms with Gasteiger partial charge in [-0.05, 0) is 43.7 Å². The quantitative estimate of drug-likeness (QED) is 0.809. The maximum atomic E-state index is 6.12. The van der Waals surface area contributed by atoms with Crippen molar-refractivity contribution in [2.24, 2.45) is 0 Å². The second-order valence-corrected chi connectivity index (χ2v) is 5.13. The fourth-order valence-electron chi connectivity index (χ4n) is 2.28. The van der Waals surface area contributed by atoms with Crippen LogP contribution in [0.1, 0.15) is 22.7 Å². The zero-order chi connectivity index (χ0) is 11.7. The van der Waals surface area contributed by atoms with Gasteiger partial charge in [0.15, 0.2) is 0 Å². The van der Waals surface area contributed by atoms with Crippen LogP contribution in [0.4, 0.5) is 0 Å². The molecule has 3 heteroatoms. The van der Waals surface area contributed by atoms with Crippen molar-refractivity contribution in [1.82, 2.24) is 10.2 Å². The van der Waals surface area contributed by atoms with Gasteiger partial charge in [-0.1, -0.05) is 17.7 Å². The molecule has 1 aromatic carbocycles. The largest absolute Gasteiger partial charge is 0.308 e. The van der Waals surface area contributed by atoms with Crippen molar-refractivity contribution in [3.63, 3.8) is 0 Å². The molecule has 1 aliphatic heterocycles. The monoisotopic (exact) mass is 238 g/mol. The molecule has 0 aliphatic carbocycles. The first-order valence-corrected chi connectivity index (χ1v) is 6.14. The lowest BCUT2D eigenvalue weighted by molar-refractivity contribution is 0.240. The van der Waals surface area contributed by atoms with Gasteiger partial charge < -0.3 is 10.2 Å². The number of hydrogen-bond acceptors (Lipinski definition) is 2. The van der Waals surface area contributed by atoms with Gasteiger partial charge in [0.2, 0.25) is 0 Å². The van der Waals surface area contributed by atoms with E-state index in [2.05, 4.69) is 43.2 Å². The number of halogens is 1. The van der Waals surface area contributed by atoms with E-state index in [1.54, 1.807) is 0 Å². The minimum Gasteiger partial charge on any atom is -0.308 e. The van der Waals surface area contributed by atoms with E-state index in [9.17, 15) is 0 Å². The summed E-state index contributed by atoms with van der Waals surface area (Å²) in [6.45, 7) is 7.46. The molecule has 0 bridgehead atoms. The minimum atomic E-state index is 0.440. The summed E-state index contributed by atoms with van der Waals surface area (Å²) in [6.07, 6.45) is 0. The molecular weight excluding hydrogens is 220 g/mol. The predicted molar refractivity (Wildman–Crippen MR) is 69.2 cm³/mol. The maximum Gasteiger partial charge on any atom is 0.0452 e. The Bertz CT molecular complexity index is 390. The van der Waals surface area contributed by atoms with Gasteiger partial charge in [0.25, 0.3) is 0 Å². The zero-order valence-corrected chi connectivity index (χ0v) is 10.9. The highest BCUT2D eigenvalue weighted by Gasteiger charge is 2.20. The van der Waals surface area contributed by atoms with Crippen LogP contribution in [0.5, 0.6) is 0 Å². The summed E-state index contributed by atoms with van der Waals surface area (Å²) in [5.41, 5.74) is 3.83. The molecule has 1 N–H and O–H groups in total. The van der Waals surface area contributed by atoms with Gasteiger partial charge in [0.1, 0.15) is 0 Å². The minimum absolute atomic E-state index is 0.440. The van der Waals surface area contributed by atoms with E-state index in [-0.39, 0.29) is 0 Å². The molecule has 2 nitrogen and oxygen atoms in total. The second-order valence-electron chi connectivity index (χ2n) is 4.73. The number of nitrogens with one attached hydrogen (secondary N) is 1. The Morgan fingerprint density at radius 2 is 2.06 bits per heavy atom. The van der Waals surface area contributed by atoms with Gasteiger partial charge >= 0.3 is 0 Å². The molecule has 0 aromatic heterocycles. The average Bonchev–Trinajstić information content (AvgIpc) is 2.23. The smallest absolute Gasteiger partial charge is 0.0452 e. The van der Waals surface area contributed by atoms with Crippen LogP contribution in [0, 0.1) is 13.8 Å². The summed E-state index contributed by atoms with van der Waals surface area (Å²) in [4.78, 5) is 2.37. The zero-order valence-electron chi connectivity index (χ0n) is 10.2. The number of hydrogen-bond donors (Lipinski definition) is 1. The van der Waals surface area contributed by atoms with E-state index in [0.717, 1.165) is 30.2 Å². The Morgan fingerprint density at radius 3 is 2.75 bits per heavy atom. The third-order valence-corrected chi connectivity index (χ3v) is 3.71. The van der Waals surface area contributed by atoms with Crippen molar-refractivity contribution in [2.45, 2.75) is 19.9 Å².